The number of halogens is 7. The molecule has 0 amide bonds. The van der Waals surface area contributed by atoms with Crippen molar-refractivity contribution >= 4 is 17.6 Å². The van der Waals surface area contributed by atoms with Crippen molar-refractivity contribution < 1.29 is 55.2 Å². The highest BCUT2D eigenvalue weighted by Gasteiger charge is 2.34. The monoisotopic (exact) mass is 552 g/mol. The maximum atomic E-state index is 12.6. The Morgan fingerprint density at radius 2 is 1.76 bits per heavy atom. The fraction of sp³-hybridized carbons (Fsp3) is 0.292. The highest BCUT2D eigenvalue weighted by Crippen LogP contribution is 2.32. The molecule has 0 aromatic heterocycles. The Morgan fingerprint density at radius 3 is 2.35 bits per heavy atom. The number of hydrogen-bond donors (Lipinski definition) is 1. The van der Waals surface area contributed by atoms with E-state index >= 15 is 0 Å². The van der Waals surface area contributed by atoms with Crippen LogP contribution in [0.3, 0.4) is 0 Å². The summed E-state index contributed by atoms with van der Waals surface area (Å²) in [6.07, 6.45) is -8.52. The molecule has 0 aliphatic carbocycles. The summed E-state index contributed by atoms with van der Waals surface area (Å²) in [6.45, 7) is 1.88. The molecule has 2 aromatic carbocycles. The first-order valence-electron chi connectivity index (χ1n) is 10.3. The zero-order chi connectivity index (χ0) is 27.6. The SMILES string of the molecule is CCO[C@@H](Cc1ccc(OC/C=C\C#Cc2ccc(OC(F)(F)F)cc2OC(F)(F)F)c(Cl)c1)C(=O)O. The van der Waals surface area contributed by atoms with Gasteiger partial charge in [0.15, 0.2) is 6.10 Å². The van der Waals surface area contributed by atoms with Crippen LogP contribution in [0.5, 0.6) is 17.2 Å². The number of rotatable bonds is 10. The predicted molar refractivity (Wildman–Crippen MR) is 120 cm³/mol. The van der Waals surface area contributed by atoms with Crippen LogP contribution in [0.15, 0.2) is 48.6 Å². The van der Waals surface area contributed by atoms with Crippen molar-refractivity contribution in [3.05, 3.63) is 64.7 Å². The normalized spacial score (nSPS) is 12.5. The third-order valence-corrected chi connectivity index (χ3v) is 4.51. The fourth-order valence-electron chi connectivity index (χ4n) is 2.80. The van der Waals surface area contributed by atoms with Crippen molar-refractivity contribution in [1.82, 2.24) is 0 Å². The molecule has 0 aliphatic rings. The van der Waals surface area contributed by atoms with Crippen LogP contribution in [-0.4, -0.2) is 43.1 Å². The van der Waals surface area contributed by atoms with E-state index in [1.807, 2.05) is 0 Å². The first kappa shape index (κ1) is 29.7. The van der Waals surface area contributed by atoms with E-state index in [2.05, 4.69) is 21.3 Å². The Bertz CT molecular complexity index is 1170. The van der Waals surface area contributed by atoms with Crippen LogP contribution in [0, 0.1) is 11.8 Å². The molecule has 0 saturated heterocycles. The molecule has 0 spiro atoms. The predicted octanol–water partition coefficient (Wildman–Crippen LogP) is 6.16. The van der Waals surface area contributed by atoms with Gasteiger partial charge >= 0.3 is 18.7 Å². The zero-order valence-electron chi connectivity index (χ0n) is 19.0. The molecule has 13 heteroatoms. The molecule has 0 unspecified atom stereocenters. The second-order valence-corrected chi connectivity index (χ2v) is 7.39. The maximum Gasteiger partial charge on any atom is 0.573 e. The Kier molecular flexibility index (Phi) is 10.5. The minimum Gasteiger partial charge on any atom is -0.488 e. The summed E-state index contributed by atoms with van der Waals surface area (Å²) in [7, 11) is 0. The molecule has 2 rings (SSSR count). The molecular formula is C24H19ClF6O6. The third-order valence-electron chi connectivity index (χ3n) is 4.22. The minimum absolute atomic E-state index is 0.0330. The van der Waals surface area contributed by atoms with Crippen molar-refractivity contribution in [1.29, 1.82) is 0 Å². The van der Waals surface area contributed by atoms with Crippen molar-refractivity contribution in [2.75, 3.05) is 13.2 Å². The molecule has 37 heavy (non-hydrogen) atoms. The Hall–Kier alpha value is -3.56. The minimum atomic E-state index is -5.16. The fourth-order valence-corrected chi connectivity index (χ4v) is 3.06. The molecule has 200 valence electrons. The zero-order valence-corrected chi connectivity index (χ0v) is 19.7. The molecule has 0 radical (unpaired) electrons. The average Bonchev–Trinajstić information content (AvgIpc) is 2.76. The topological polar surface area (TPSA) is 74.2 Å². The third kappa shape index (κ3) is 10.9. The van der Waals surface area contributed by atoms with Crippen LogP contribution >= 0.6 is 11.6 Å². The Morgan fingerprint density at radius 1 is 1.05 bits per heavy atom. The summed E-state index contributed by atoms with van der Waals surface area (Å²) in [6, 6.07) is 6.80. The Labute approximate surface area is 212 Å². The van der Waals surface area contributed by atoms with Crippen molar-refractivity contribution in [3.63, 3.8) is 0 Å². The number of aliphatic carboxylic acids is 1. The summed E-state index contributed by atoms with van der Waals surface area (Å²) in [5.41, 5.74) is 0.283. The van der Waals surface area contributed by atoms with E-state index in [-0.39, 0.29) is 36.0 Å². The number of benzene rings is 2. The highest BCUT2D eigenvalue weighted by molar-refractivity contribution is 6.32. The second-order valence-electron chi connectivity index (χ2n) is 6.99. The number of hydrogen-bond acceptors (Lipinski definition) is 5. The van der Waals surface area contributed by atoms with E-state index in [4.69, 9.17) is 26.2 Å². The molecule has 0 heterocycles. The van der Waals surface area contributed by atoms with E-state index in [9.17, 15) is 31.1 Å². The van der Waals surface area contributed by atoms with Crippen LogP contribution in [0.25, 0.3) is 0 Å². The van der Waals surface area contributed by atoms with Gasteiger partial charge in [-0.3, -0.25) is 0 Å². The van der Waals surface area contributed by atoms with Gasteiger partial charge in [-0.15, -0.1) is 26.3 Å². The molecule has 1 N–H and O–H groups in total. The van der Waals surface area contributed by atoms with Gasteiger partial charge in [-0.25, -0.2) is 4.79 Å². The molecule has 0 aliphatic heterocycles. The van der Waals surface area contributed by atoms with Gasteiger partial charge in [0.25, 0.3) is 0 Å². The van der Waals surface area contributed by atoms with Crippen LogP contribution in [-0.2, 0) is 16.0 Å². The van der Waals surface area contributed by atoms with Crippen molar-refractivity contribution in [2.45, 2.75) is 32.2 Å². The number of ether oxygens (including phenoxy) is 4. The molecule has 0 saturated carbocycles. The van der Waals surface area contributed by atoms with Crippen LogP contribution in [0.1, 0.15) is 18.1 Å². The molecular weight excluding hydrogens is 534 g/mol. The summed E-state index contributed by atoms with van der Waals surface area (Å²) in [4.78, 5) is 11.2. The van der Waals surface area contributed by atoms with E-state index in [0.29, 0.717) is 11.6 Å². The summed E-state index contributed by atoms with van der Waals surface area (Å²) in [5, 5.41) is 9.38. The average molecular weight is 553 g/mol. The standard InChI is InChI=1S/C24H19ClF6O6/c1-2-34-21(22(32)33)13-15-7-10-19(18(25)12-15)35-11-5-3-4-6-16-8-9-17(36-23(26,27)28)14-20(16)37-24(29,30)31/h3,5,7-10,12,14,21H,2,11,13H2,1H3,(H,32,33)/b5-3-/t21-/m0/s1. The molecule has 0 bridgehead atoms. The lowest BCUT2D eigenvalue weighted by Gasteiger charge is -2.13. The lowest BCUT2D eigenvalue weighted by molar-refractivity contribution is -0.276. The number of carbonyl (C=O) groups is 1. The number of allylic oxidation sites excluding steroid dienone is 1. The summed E-state index contributed by atoms with van der Waals surface area (Å²) >= 11 is 6.16. The van der Waals surface area contributed by atoms with Crippen LogP contribution in [0.4, 0.5) is 26.3 Å². The molecule has 6 nitrogen and oxygen atoms in total. The number of carboxylic acids is 1. The van der Waals surface area contributed by atoms with Crippen molar-refractivity contribution in [2.24, 2.45) is 0 Å². The van der Waals surface area contributed by atoms with Crippen LogP contribution in [0.2, 0.25) is 5.02 Å². The number of alkyl halides is 6. The Balaban J connectivity index is 2.03. The lowest BCUT2D eigenvalue weighted by atomic mass is 10.1. The van der Waals surface area contributed by atoms with Gasteiger partial charge < -0.3 is 24.1 Å². The first-order valence-corrected chi connectivity index (χ1v) is 10.7. The van der Waals surface area contributed by atoms with Gasteiger partial charge in [0.1, 0.15) is 23.9 Å². The molecule has 2 aromatic rings. The molecule has 0 fully saturated rings. The summed E-state index contributed by atoms with van der Waals surface area (Å²) in [5.74, 6) is 2.08. The van der Waals surface area contributed by atoms with Gasteiger partial charge in [0.2, 0.25) is 0 Å². The van der Waals surface area contributed by atoms with Gasteiger partial charge in [0, 0.05) is 19.1 Å². The second kappa shape index (κ2) is 13.1. The largest absolute Gasteiger partial charge is 0.573 e. The van der Waals surface area contributed by atoms with Gasteiger partial charge in [-0.05, 0) is 48.9 Å². The van der Waals surface area contributed by atoms with Gasteiger partial charge in [-0.1, -0.05) is 29.5 Å². The van der Waals surface area contributed by atoms with Gasteiger partial charge in [0.05, 0.1) is 10.6 Å². The lowest BCUT2D eigenvalue weighted by Crippen LogP contribution is -2.26. The van der Waals surface area contributed by atoms with Gasteiger partial charge in [-0.2, -0.15) is 0 Å². The first-order chi connectivity index (χ1) is 17.3. The van der Waals surface area contributed by atoms with E-state index in [1.165, 1.54) is 24.3 Å². The van der Waals surface area contributed by atoms with E-state index in [1.54, 1.807) is 13.0 Å². The number of carboxylic acid groups (broad SMARTS) is 1. The van der Waals surface area contributed by atoms with Crippen LogP contribution < -0.4 is 14.2 Å². The molecule has 1 atom stereocenters. The summed E-state index contributed by atoms with van der Waals surface area (Å²) < 4.78 is 92.9. The smallest absolute Gasteiger partial charge is 0.488 e. The van der Waals surface area contributed by atoms with E-state index in [0.717, 1.165) is 12.1 Å². The maximum absolute atomic E-state index is 12.6. The van der Waals surface area contributed by atoms with E-state index < -0.39 is 36.3 Å². The highest BCUT2D eigenvalue weighted by atomic mass is 35.5. The quantitative estimate of drug-likeness (QED) is 0.281. The van der Waals surface area contributed by atoms with Crippen molar-refractivity contribution in [3.8, 4) is 29.1 Å².